The van der Waals surface area contributed by atoms with E-state index >= 15 is 0 Å². The van der Waals surface area contributed by atoms with E-state index in [0.29, 0.717) is 0 Å². The van der Waals surface area contributed by atoms with Gasteiger partial charge in [-0.05, 0) is 25.7 Å². The topological polar surface area (TPSA) is 12.0 Å². The van der Waals surface area contributed by atoms with E-state index in [4.69, 9.17) is 0 Å². The third-order valence-corrected chi connectivity index (χ3v) is 10.5. The fraction of sp³-hybridized carbons (Fsp3) is 1.00. The Morgan fingerprint density at radius 3 is 1.10 bits per heavy atom. The van der Waals surface area contributed by atoms with Crippen molar-refractivity contribution in [1.82, 2.24) is 5.32 Å². The molecule has 0 aliphatic rings. The van der Waals surface area contributed by atoms with Crippen LogP contribution in [-0.4, -0.2) is 50.1 Å². The van der Waals surface area contributed by atoms with Crippen LogP contribution in [-0.2, 0) is 20.1 Å². The molecule has 0 saturated heterocycles. The van der Waals surface area contributed by atoms with E-state index in [1.165, 1.54) is 75.7 Å². The van der Waals surface area contributed by atoms with Gasteiger partial charge in [0.2, 0.25) is 0 Å². The fourth-order valence-electron chi connectivity index (χ4n) is 2.82. The first-order chi connectivity index (χ1) is 9.28. The van der Waals surface area contributed by atoms with Crippen LogP contribution >= 0.6 is 15.8 Å². The fourth-order valence-corrected chi connectivity index (χ4v) is 8.21. The van der Waals surface area contributed by atoms with Crippen molar-refractivity contribution in [2.45, 2.75) is 53.4 Å². The van der Waals surface area contributed by atoms with E-state index in [9.17, 15) is 0 Å². The van der Waals surface area contributed by atoms with Gasteiger partial charge in [-0.1, -0.05) is 27.7 Å². The Hall–Kier alpha value is 1.47. The van der Waals surface area contributed by atoms with Crippen molar-refractivity contribution in [3.63, 3.8) is 0 Å². The summed E-state index contributed by atoms with van der Waals surface area (Å²) in [6.07, 6.45) is 14.7. The first-order valence-corrected chi connectivity index (χ1v) is 12.9. The van der Waals surface area contributed by atoms with Crippen molar-refractivity contribution in [3.8, 4) is 0 Å². The van der Waals surface area contributed by atoms with Gasteiger partial charge in [-0.25, -0.2) is 0 Å². The third kappa shape index (κ3) is 14.4. The molecule has 0 aliphatic heterocycles. The van der Waals surface area contributed by atoms with Crippen molar-refractivity contribution >= 4 is 15.8 Å². The van der Waals surface area contributed by atoms with Crippen molar-refractivity contribution in [2.75, 3.05) is 50.1 Å². The molecule has 0 spiro atoms. The van der Waals surface area contributed by atoms with Crippen molar-refractivity contribution in [3.05, 3.63) is 0 Å². The number of hydrogen-bond acceptors (Lipinski definition) is 1. The first kappa shape index (κ1) is 23.7. The zero-order valence-corrected chi connectivity index (χ0v) is 19.3. The summed E-state index contributed by atoms with van der Waals surface area (Å²) in [5.74, 6) is 0. The van der Waals surface area contributed by atoms with Crippen LogP contribution in [0.2, 0.25) is 0 Å². The Morgan fingerprint density at radius 1 is 0.550 bits per heavy atom. The Balaban J connectivity index is 0. The predicted molar refractivity (Wildman–Crippen MR) is 104 cm³/mol. The van der Waals surface area contributed by atoms with Crippen molar-refractivity contribution in [2.24, 2.45) is 0 Å². The molecule has 0 rings (SSSR count). The molecular weight excluding hydrogens is 460 g/mol. The molecular formula is C16H42IrNP2+2. The average molecular weight is 503 g/mol. The van der Waals surface area contributed by atoms with Crippen LogP contribution in [0.1, 0.15) is 53.4 Å². The third-order valence-electron chi connectivity index (χ3n) is 3.72. The molecule has 0 bridgehead atoms. The zero-order chi connectivity index (χ0) is 14.3. The van der Waals surface area contributed by atoms with Crippen LogP contribution in [0.3, 0.4) is 0 Å². The Morgan fingerprint density at radius 2 is 0.850 bits per heavy atom. The summed E-state index contributed by atoms with van der Waals surface area (Å²) >= 11 is 0. The molecule has 128 valence electrons. The monoisotopic (exact) mass is 503 g/mol. The van der Waals surface area contributed by atoms with Gasteiger partial charge in [-0.2, -0.15) is 0 Å². The number of rotatable bonds is 14. The van der Waals surface area contributed by atoms with E-state index in [0.717, 1.165) is 0 Å². The summed E-state index contributed by atoms with van der Waals surface area (Å²) in [5.41, 5.74) is 0. The van der Waals surface area contributed by atoms with E-state index < -0.39 is 0 Å². The van der Waals surface area contributed by atoms with Crippen molar-refractivity contribution in [1.29, 1.82) is 0 Å². The molecule has 1 N–H and O–H groups in total. The van der Waals surface area contributed by atoms with Crippen LogP contribution in [0.15, 0.2) is 0 Å². The maximum atomic E-state index is 3.73. The van der Waals surface area contributed by atoms with Gasteiger partial charge in [-0.15, -0.1) is 0 Å². The molecule has 0 aliphatic carbocycles. The second-order valence-electron chi connectivity index (χ2n) is 5.75. The SMILES string of the molecule is CCC[PH+](CCC)CCNCC[PH+](CCC)CCC.[IrH3]. The zero-order valence-electron chi connectivity index (χ0n) is 14.4. The summed E-state index contributed by atoms with van der Waals surface area (Å²) in [4.78, 5) is 0. The maximum absolute atomic E-state index is 3.73. The summed E-state index contributed by atoms with van der Waals surface area (Å²) in [7, 11) is -0.0423. The molecule has 0 aromatic heterocycles. The Labute approximate surface area is 144 Å². The predicted octanol–water partition coefficient (Wildman–Crippen LogP) is 3.84. The van der Waals surface area contributed by atoms with Gasteiger partial charge in [0, 0.05) is 28.9 Å². The Bertz CT molecular complexity index is 152. The Kier molecular flexibility index (Phi) is 22.0. The number of hydrogen-bond donors (Lipinski definition) is 1. The minimum absolute atomic E-state index is 0. The molecule has 0 aromatic rings. The van der Waals surface area contributed by atoms with Gasteiger partial charge in [0.05, 0.1) is 37.0 Å². The minimum atomic E-state index is -0.0211. The molecule has 0 atom stereocenters. The van der Waals surface area contributed by atoms with Crippen molar-refractivity contribution < 1.29 is 20.1 Å². The average Bonchev–Trinajstić information content (AvgIpc) is 2.39. The molecule has 4 heteroatoms. The second kappa shape index (κ2) is 18.5. The first-order valence-electron chi connectivity index (χ1n) is 8.66. The molecule has 0 amide bonds. The molecule has 0 heterocycles. The standard InChI is InChI=1S/C16H37NP2.Ir.3H/c1-5-11-18(12-6-2)15-9-17-10-16-19(13-7-3)14-8-4;;;;/h17H,5-16H2,1-4H3;;;;/p+2. The van der Waals surface area contributed by atoms with Gasteiger partial charge in [0.1, 0.15) is 0 Å². The molecule has 1 radical (unpaired) electrons. The normalized spacial score (nSPS) is 11.1. The van der Waals surface area contributed by atoms with Gasteiger partial charge >= 0.3 is 20.1 Å². The van der Waals surface area contributed by atoms with Crippen LogP contribution in [0.4, 0.5) is 0 Å². The molecule has 0 saturated carbocycles. The van der Waals surface area contributed by atoms with Crippen LogP contribution in [0.25, 0.3) is 0 Å². The van der Waals surface area contributed by atoms with Gasteiger partial charge in [0.15, 0.2) is 0 Å². The quantitative estimate of drug-likeness (QED) is 0.281. The number of nitrogens with one attached hydrogen (secondary N) is 1. The second-order valence-corrected chi connectivity index (χ2v) is 11.7. The van der Waals surface area contributed by atoms with E-state index in [1.54, 1.807) is 0 Å². The van der Waals surface area contributed by atoms with Gasteiger partial charge in [0.25, 0.3) is 0 Å². The summed E-state index contributed by atoms with van der Waals surface area (Å²) in [5, 5.41) is 3.73. The van der Waals surface area contributed by atoms with Crippen LogP contribution in [0.5, 0.6) is 0 Å². The van der Waals surface area contributed by atoms with E-state index in [2.05, 4.69) is 33.0 Å². The molecule has 0 aromatic carbocycles. The van der Waals surface area contributed by atoms with Gasteiger partial charge in [-0.3, -0.25) is 0 Å². The van der Waals surface area contributed by atoms with E-state index in [1.807, 2.05) is 0 Å². The van der Waals surface area contributed by atoms with Gasteiger partial charge < -0.3 is 5.32 Å². The summed E-state index contributed by atoms with van der Waals surface area (Å²) in [6.45, 7) is 12.0. The summed E-state index contributed by atoms with van der Waals surface area (Å²) < 4.78 is 0. The molecule has 1 nitrogen and oxygen atoms in total. The molecule has 0 fully saturated rings. The van der Waals surface area contributed by atoms with Crippen LogP contribution in [0, 0.1) is 0 Å². The summed E-state index contributed by atoms with van der Waals surface area (Å²) in [6, 6.07) is 0. The van der Waals surface area contributed by atoms with E-state index in [-0.39, 0.29) is 35.9 Å². The van der Waals surface area contributed by atoms with Crippen LogP contribution < -0.4 is 5.32 Å². The molecule has 0 unspecified atom stereocenters. The molecule has 20 heavy (non-hydrogen) atoms.